The van der Waals surface area contributed by atoms with Crippen LogP contribution in [0.15, 0.2) is 36.7 Å². The summed E-state index contributed by atoms with van der Waals surface area (Å²) in [6.45, 7) is 1.79. The van der Waals surface area contributed by atoms with Gasteiger partial charge in [0, 0.05) is 42.4 Å². The minimum Gasteiger partial charge on any atom is -0.398 e. The molecule has 2 aromatic rings. The summed E-state index contributed by atoms with van der Waals surface area (Å²) >= 11 is 6.15. The molecule has 0 atom stereocenters. The number of halogens is 1. The van der Waals surface area contributed by atoms with Gasteiger partial charge in [0.1, 0.15) is 0 Å². The summed E-state index contributed by atoms with van der Waals surface area (Å²) in [5.41, 5.74) is 10.5. The summed E-state index contributed by atoms with van der Waals surface area (Å²) in [4.78, 5) is 6.32. The Balaban J connectivity index is 1.90. The van der Waals surface area contributed by atoms with Crippen molar-refractivity contribution < 1.29 is 0 Å². The van der Waals surface area contributed by atoms with Gasteiger partial charge in [-0.15, -0.1) is 0 Å². The van der Waals surface area contributed by atoms with Gasteiger partial charge in [-0.05, 0) is 30.2 Å². The highest BCUT2D eigenvalue weighted by Gasteiger charge is 2.21. The van der Waals surface area contributed by atoms with Crippen molar-refractivity contribution in [2.24, 2.45) is 0 Å². The molecule has 92 valence electrons. The van der Waals surface area contributed by atoms with Crippen LogP contribution in [-0.4, -0.2) is 11.5 Å². The lowest BCUT2D eigenvalue weighted by atomic mass is 10.1. The first kappa shape index (κ1) is 11.4. The Labute approximate surface area is 111 Å². The Kier molecular flexibility index (Phi) is 2.84. The molecule has 1 aliphatic heterocycles. The van der Waals surface area contributed by atoms with Crippen molar-refractivity contribution in [2.45, 2.75) is 13.0 Å². The average molecular weight is 260 g/mol. The van der Waals surface area contributed by atoms with E-state index in [0.29, 0.717) is 0 Å². The van der Waals surface area contributed by atoms with Gasteiger partial charge >= 0.3 is 0 Å². The molecule has 1 aromatic heterocycles. The number of anilines is 2. The Morgan fingerprint density at radius 1 is 1.33 bits per heavy atom. The average Bonchev–Trinajstić information content (AvgIpc) is 2.77. The topological polar surface area (TPSA) is 42.1 Å². The fraction of sp³-hybridized carbons (Fsp3) is 0.214. The van der Waals surface area contributed by atoms with Crippen molar-refractivity contribution in [3.63, 3.8) is 0 Å². The number of nitrogens with two attached hydrogens (primary N) is 1. The number of benzene rings is 1. The summed E-state index contributed by atoms with van der Waals surface area (Å²) in [5.74, 6) is 0. The molecule has 0 fully saturated rings. The molecule has 3 nitrogen and oxygen atoms in total. The molecular weight excluding hydrogens is 246 g/mol. The zero-order valence-corrected chi connectivity index (χ0v) is 10.7. The van der Waals surface area contributed by atoms with Gasteiger partial charge in [-0.25, -0.2) is 0 Å². The highest BCUT2D eigenvalue weighted by molar-refractivity contribution is 6.31. The van der Waals surface area contributed by atoms with Gasteiger partial charge in [0.2, 0.25) is 0 Å². The van der Waals surface area contributed by atoms with Crippen molar-refractivity contribution in [1.82, 2.24) is 4.98 Å². The SMILES string of the molecule is Nc1cccc2c1CCN2Cc1ccncc1Cl. The van der Waals surface area contributed by atoms with Gasteiger partial charge < -0.3 is 10.6 Å². The van der Waals surface area contributed by atoms with Crippen LogP contribution in [0.5, 0.6) is 0 Å². The second-order valence-corrected chi connectivity index (χ2v) is 4.89. The van der Waals surface area contributed by atoms with Crippen LogP contribution in [0.25, 0.3) is 0 Å². The summed E-state index contributed by atoms with van der Waals surface area (Å²) in [6, 6.07) is 8.04. The molecule has 1 aromatic carbocycles. The monoisotopic (exact) mass is 259 g/mol. The number of nitrogens with zero attached hydrogens (tertiary/aromatic N) is 2. The third-order valence-corrected chi connectivity index (χ3v) is 3.72. The fourth-order valence-corrected chi connectivity index (χ4v) is 2.61. The lowest BCUT2D eigenvalue weighted by Crippen LogP contribution is -2.19. The lowest BCUT2D eigenvalue weighted by Gasteiger charge is -2.20. The van der Waals surface area contributed by atoms with E-state index in [4.69, 9.17) is 17.3 Å². The summed E-state index contributed by atoms with van der Waals surface area (Å²) in [7, 11) is 0. The normalized spacial score (nSPS) is 13.7. The predicted octanol–water partition coefficient (Wildman–Crippen LogP) is 2.88. The first-order valence-electron chi connectivity index (χ1n) is 5.96. The quantitative estimate of drug-likeness (QED) is 0.844. The van der Waals surface area contributed by atoms with Crippen molar-refractivity contribution >= 4 is 23.0 Å². The van der Waals surface area contributed by atoms with Gasteiger partial charge in [-0.3, -0.25) is 4.98 Å². The van der Waals surface area contributed by atoms with Crippen molar-refractivity contribution in [1.29, 1.82) is 0 Å². The van der Waals surface area contributed by atoms with Crippen LogP contribution < -0.4 is 10.6 Å². The standard InChI is InChI=1S/C14H14ClN3/c15-12-8-17-6-4-10(12)9-18-7-5-11-13(16)2-1-3-14(11)18/h1-4,6,8H,5,7,9,16H2. The van der Waals surface area contributed by atoms with Crippen LogP contribution in [0.1, 0.15) is 11.1 Å². The molecule has 0 aliphatic carbocycles. The third-order valence-electron chi connectivity index (χ3n) is 3.38. The zero-order valence-electron chi connectivity index (χ0n) is 9.94. The third kappa shape index (κ3) is 1.91. The Bertz CT molecular complexity index is 583. The number of fused-ring (bicyclic) bond motifs is 1. The van der Waals surface area contributed by atoms with E-state index in [0.717, 1.165) is 35.8 Å². The van der Waals surface area contributed by atoms with Gasteiger partial charge in [-0.1, -0.05) is 17.7 Å². The molecule has 3 rings (SSSR count). The maximum absolute atomic E-state index is 6.15. The molecule has 18 heavy (non-hydrogen) atoms. The first-order chi connectivity index (χ1) is 8.75. The molecular formula is C14H14ClN3. The van der Waals surface area contributed by atoms with Crippen molar-refractivity contribution in [3.05, 3.63) is 52.8 Å². The summed E-state index contributed by atoms with van der Waals surface area (Å²) in [5, 5.41) is 0.717. The predicted molar refractivity (Wildman–Crippen MR) is 74.9 cm³/mol. The van der Waals surface area contributed by atoms with Crippen molar-refractivity contribution in [2.75, 3.05) is 17.2 Å². The van der Waals surface area contributed by atoms with Crippen molar-refractivity contribution in [3.8, 4) is 0 Å². The second kappa shape index (κ2) is 4.50. The van der Waals surface area contributed by atoms with Crippen LogP contribution in [-0.2, 0) is 13.0 Å². The molecule has 0 unspecified atom stereocenters. The van der Waals surface area contributed by atoms with E-state index in [2.05, 4.69) is 16.0 Å². The molecule has 2 N–H and O–H groups in total. The highest BCUT2D eigenvalue weighted by atomic mass is 35.5. The number of hydrogen-bond acceptors (Lipinski definition) is 3. The zero-order chi connectivity index (χ0) is 12.5. The van der Waals surface area contributed by atoms with E-state index < -0.39 is 0 Å². The van der Waals surface area contributed by atoms with E-state index in [1.54, 1.807) is 12.4 Å². The minimum atomic E-state index is 0.717. The fourth-order valence-electron chi connectivity index (χ4n) is 2.43. The van der Waals surface area contributed by atoms with Crippen LogP contribution in [0.2, 0.25) is 5.02 Å². The Hall–Kier alpha value is -1.74. The summed E-state index contributed by atoms with van der Waals surface area (Å²) < 4.78 is 0. The molecule has 4 heteroatoms. The van der Waals surface area contributed by atoms with Crippen LogP contribution in [0, 0.1) is 0 Å². The molecule has 2 heterocycles. The van der Waals surface area contributed by atoms with Gasteiger partial charge in [0.25, 0.3) is 0 Å². The van der Waals surface area contributed by atoms with E-state index >= 15 is 0 Å². The molecule has 0 spiro atoms. The van der Waals surface area contributed by atoms with Gasteiger partial charge in [0.05, 0.1) is 5.02 Å². The molecule has 0 bridgehead atoms. The molecule has 0 amide bonds. The maximum atomic E-state index is 6.15. The van der Waals surface area contributed by atoms with E-state index in [1.807, 2.05) is 18.2 Å². The van der Waals surface area contributed by atoms with E-state index in [-0.39, 0.29) is 0 Å². The molecule has 0 saturated heterocycles. The molecule has 0 saturated carbocycles. The second-order valence-electron chi connectivity index (χ2n) is 4.48. The Morgan fingerprint density at radius 2 is 2.22 bits per heavy atom. The van der Waals surface area contributed by atoms with E-state index in [9.17, 15) is 0 Å². The van der Waals surface area contributed by atoms with Crippen LogP contribution >= 0.6 is 11.6 Å². The van der Waals surface area contributed by atoms with Gasteiger partial charge in [-0.2, -0.15) is 0 Å². The van der Waals surface area contributed by atoms with E-state index in [1.165, 1.54) is 11.3 Å². The Morgan fingerprint density at radius 3 is 3.06 bits per heavy atom. The van der Waals surface area contributed by atoms with Crippen LogP contribution in [0.4, 0.5) is 11.4 Å². The first-order valence-corrected chi connectivity index (χ1v) is 6.34. The number of rotatable bonds is 2. The largest absolute Gasteiger partial charge is 0.398 e. The maximum Gasteiger partial charge on any atom is 0.0639 e. The lowest BCUT2D eigenvalue weighted by molar-refractivity contribution is 0.835. The number of hydrogen-bond donors (Lipinski definition) is 1. The van der Waals surface area contributed by atoms with Crippen LogP contribution in [0.3, 0.4) is 0 Å². The highest BCUT2D eigenvalue weighted by Crippen LogP contribution is 2.33. The smallest absolute Gasteiger partial charge is 0.0639 e. The molecule has 1 aliphatic rings. The number of nitrogen functional groups attached to an aromatic ring is 1. The molecule has 0 radical (unpaired) electrons. The number of pyridine rings is 1. The summed E-state index contributed by atoms with van der Waals surface area (Å²) in [6.07, 6.45) is 4.47. The van der Waals surface area contributed by atoms with Gasteiger partial charge in [0.15, 0.2) is 0 Å². The minimum absolute atomic E-state index is 0.717. The number of aromatic nitrogens is 1.